The van der Waals surface area contributed by atoms with Gasteiger partial charge in [0.15, 0.2) is 0 Å². The first-order chi connectivity index (χ1) is 6.25. The Bertz CT molecular complexity index is 321. The average Bonchev–Trinajstić information content (AvgIpc) is 2.49. The Morgan fingerprint density at radius 2 is 2.62 bits per heavy atom. The average molecular weight is 181 g/mol. The van der Waals surface area contributed by atoms with E-state index < -0.39 is 6.09 Å². The van der Waals surface area contributed by atoms with E-state index in [1.54, 1.807) is 6.20 Å². The van der Waals surface area contributed by atoms with Crippen LogP contribution in [0.2, 0.25) is 0 Å². The minimum absolute atomic E-state index is 0.0441. The van der Waals surface area contributed by atoms with E-state index in [4.69, 9.17) is 5.11 Å². The van der Waals surface area contributed by atoms with Crippen LogP contribution in [-0.2, 0) is 12.8 Å². The van der Waals surface area contributed by atoms with Crippen molar-refractivity contribution < 1.29 is 9.90 Å². The fourth-order valence-electron chi connectivity index (χ4n) is 1.71. The smallest absolute Gasteiger partial charge is 0.404 e. The topological polar surface area (TPSA) is 78.0 Å². The van der Waals surface area contributed by atoms with Crippen LogP contribution in [-0.4, -0.2) is 27.4 Å². The van der Waals surface area contributed by atoms with Crippen LogP contribution >= 0.6 is 0 Å². The third-order valence-corrected chi connectivity index (χ3v) is 2.34. The van der Waals surface area contributed by atoms with E-state index in [1.165, 1.54) is 0 Å². The minimum Gasteiger partial charge on any atom is -0.465 e. The molecule has 0 saturated carbocycles. The van der Waals surface area contributed by atoms with Crippen molar-refractivity contribution in [2.75, 3.05) is 0 Å². The number of nitrogens with zero attached hydrogens (tertiary/aromatic N) is 1. The van der Waals surface area contributed by atoms with E-state index in [1.807, 2.05) is 0 Å². The molecule has 1 aliphatic rings. The molecule has 0 radical (unpaired) electrons. The van der Waals surface area contributed by atoms with E-state index >= 15 is 0 Å². The molecule has 0 aromatic carbocycles. The van der Waals surface area contributed by atoms with Crippen LogP contribution in [0.15, 0.2) is 6.20 Å². The van der Waals surface area contributed by atoms with Crippen molar-refractivity contribution in [3.63, 3.8) is 0 Å². The minimum atomic E-state index is -0.947. The Labute approximate surface area is 75.2 Å². The molecule has 1 heterocycles. The molecular weight excluding hydrogens is 170 g/mol. The molecule has 5 nitrogen and oxygen atoms in total. The number of hydrogen-bond acceptors (Lipinski definition) is 2. The van der Waals surface area contributed by atoms with Crippen molar-refractivity contribution in [1.29, 1.82) is 0 Å². The van der Waals surface area contributed by atoms with Crippen molar-refractivity contribution in [2.24, 2.45) is 0 Å². The molecule has 0 bridgehead atoms. The maximum atomic E-state index is 10.4. The molecule has 0 spiro atoms. The highest BCUT2D eigenvalue weighted by Gasteiger charge is 2.20. The van der Waals surface area contributed by atoms with Crippen LogP contribution in [0.3, 0.4) is 0 Å². The Morgan fingerprint density at radius 3 is 3.38 bits per heavy atom. The molecule has 1 atom stereocenters. The maximum Gasteiger partial charge on any atom is 0.404 e. The number of H-pyrrole nitrogens is 1. The first-order valence-electron chi connectivity index (χ1n) is 4.26. The third-order valence-electron chi connectivity index (χ3n) is 2.34. The van der Waals surface area contributed by atoms with Crippen LogP contribution in [0.1, 0.15) is 17.7 Å². The SMILES string of the molecule is O=C(O)NC1CCc2[nH]ncc2C1. The van der Waals surface area contributed by atoms with Gasteiger partial charge in [0.05, 0.1) is 6.20 Å². The molecule has 3 N–H and O–H groups in total. The van der Waals surface area contributed by atoms with Gasteiger partial charge in [0.2, 0.25) is 0 Å². The van der Waals surface area contributed by atoms with Gasteiger partial charge in [-0.3, -0.25) is 5.10 Å². The van der Waals surface area contributed by atoms with Crippen molar-refractivity contribution in [3.8, 4) is 0 Å². The zero-order valence-corrected chi connectivity index (χ0v) is 7.08. The summed E-state index contributed by atoms with van der Waals surface area (Å²) in [4.78, 5) is 10.4. The van der Waals surface area contributed by atoms with Gasteiger partial charge in [0, 0.05) is 11.7 Å². The molecule has 13 heavy (non-hydrogen) atoms. The number of aromatic amines is 1. The lowest BCUT2D eigenvalue weighted by atomic mass is 9.94. The molecule has 0 saturated heterocycles. The fraction of sp³-hybridized carbons (Fsp3) is 0.500. The Balaban J connectivity index is 2.04. The summed E-state index contributed by atoms with van der Waals surface area (Å²) in [5.74, 6) is 0. The number of hydrogen-bond donors (Lipinski definition) is 3. The van der Waals surface area contributed by atoms with E-state index in [0.29, 0.717) is 0 Å². The molecule has 1 aromatic rings. The second-order valence-electron chi connectivity index (χ2n) is 3.26. The van der Waals surface area contributed by atoms with Gasteiger partial charge >= 0.3 is 6.09 Å². The third kappa shape index (κ3) is 1.63. The lowest BCUT2D eigenvalue weighted by Crippen LogP contribution is -2.37. The number of carboxylic acid groups (broad SMARTS) is 1. The van der Waals surface area contributed by atoms with Gasteiger partial charge in [-0.05, 0) is 24.8 Å². The molecule has 1 amide bonds. The Hall–Kier alpha value is -1.52. The van der Waals surface area contributed by atoms with Gasteiger partial charge in [-0.15, -0.1) is 0 Å². The molecular formula is C8H11N3O2. The summed E-state index contributed by atoms with van der Waals surface area (Å²) in [6.07, 6.45) is 3.29. The summed E-state index contributed by atoms with van der Waals surface area (Å²) in [5.41, 5.74) is 2.27. The molecule has 1 aliphatic carbocycles. The number of carbonyl (C=O) groups is 1. The number of nitrogens with one attached hydrogen (secondary N) is 2. The van der Waals surface area contributed by atoms with Crippen molar-refractivity contribution >= 4 is 6.09 Å². The van der Waals surface area contributed by atoms with E-state index in [9.17, 15) is 4.79 Å². The van der Waals surface area contributed by atoms with Gasteiger partial charge < -0.3 is 10.4 Å². The van der Waals surface area contributed by atoms with Crippen LogP contribution in [0.4, 0.5) is 4.79 Å². The fourth-order valence-corrected chi connectivity index (χ4v) is 1.71. The summed E-state index contributed by atoms with van der Waals surface area (Å²) in [6, 6.07) is 0.0441. The van der Waals surface area contributed by atoms with E-state index in [0.717, 1.165) is 30.5 Å². The highest BCUT2D eigenvalue weighted by molar-refractivity contribution is 5.65. The first kappa shape index (κ1) is 8.10. The second kappa shape index (κ2) is 3.08. The number of aryl methyl sites for hydroxylation is 1. The summed E-state index contributed by atoms with van der Waals surface area (Å²) >= 11 is 0. The molecule has 70 valence electrons. The Kier molecular flexibility index (Phi) is 1.92. The number of fused-ring (bicyclic) bond motifs is 1. The van der Waals surface area contributed by atoms with Crippen LogP contribution < -0.4 is 5.32 Å². The molecule has 5 heteroatoms. The van der Waals surface area contributed by atoms with Crippen molar-refractivity contribution in [1.82, 2.24) is 15.5 Å². The van der Waals surface area contributed by atoms with Gasteiger partial charge in [-0.25, -0.2) is 4.79 Å². The van der Waals surface area contributed by atoms with Gasteiger partial charge in [-0.1, -0.05) is 0 Å². The van der Waals surface area contributed by atoms with Crippen molar-refractivity contribution in [3.05, 3.63) is 17.5 Å². The van der Waals surface area contributed by atoms with Gasteiger partial charge in [0.25, 0.3) is 0 Å². The largest absolute Gasteiger partial charge is 0.465 e. The standard InChI is InChI=1S/C8H11N3O2/c12-8(13)10-6-1-2-7-5(3-6)4-9-11-7/h4,6,10H,1-3H2,(H,9,11)(H,12,13). The zero-order valence-electron chi connectivity index (χ0n) is 7.08. The number of amides is 1. The van der Waals surface area contributed by atoms with Gasteiger partial charge in [0.1, 0.15) is 0 Å². The number of rotatable bonds is 1. The highest BCUT2D eigenvalue weighted by Crippen LogP contribution is 2.18. The second-order valence-corrected chi connectivity index (χ2v) is 3.26. The lowest BCUT2D eigenvalue weighted by molar-refractivity contribution is 0.188. The maximum absolute atomic E-state index is 10.4. The number of aromatic nitrogens is 2. The molecule has 2 rings (SSSR count). The molecule has 1 unspecified atom stereocenters. The predicted molar refractivity (Wildman–Crippen MR) is 45.6 cm³/mol. The van der Waals surface area contributed by atoms with Gasteiger partial charge in [-0.2, -0.15) is 5.10 Å². The lowest BCUT2D eigenvalue weighted by Gasteiger charge is -2.20. The normalized spacial score (nSPS) is 20.8. The van der Waals surface area contributed by atoms with Crippen LogP contribution in [0.25, 0.3) is 0 Å². The molecule has 0 fully saturated rings. The summed E-state index contributed by atoms with van der Waals surface area (Å²) < 4.78 is 0. The van der Waals surface area contributed by atoms with E-state index in [2.05, 4.69) is 15.5 Å². The molecule has 0 aliphatic heterocycles. The summed E-state index contributed by atoms with van der Waals surface area (Å²) in [7, 11) is 0. The molecule has 1 aromatic heterocycles. The summed E-state index contributed by atoms with van der Waals surface area (Å²) in [5, 5.41) is 17.8. The zero-order chi connectivity index (χ0) is 9.26. The quantitative estimate of drug-likeness (QED) is 0.591. The van der Waals surface area contributed by atoms with E-state index in [-0.39, 0.29) is 6.04 Å². The predicted octanol–water partition coefficient (Wildman–Crippen LogP) is 0.535. The van der Waals surface area contributed by atoms with Crippen LogP contribution in [0.5, 0.6) is 0 Å². The highest BCUT2D eigenvalue weighted by atomic mass is 16.4. The summed E-state index contributed by atoms with van der Waals surface area (Å²) in [6.45, 7) is 0. The Morgan fingerprint density at radius 1 is 1.77 bits per heavy atom. The van der Waals surface area contributed by atoms with Crippen LogP contribution in [0, 0.1) is 0 Å². The first-order valence-corrected chi connectivity index (χ1v) is 4.26. The van der Waals surface area contributed by atoms with Crippen molar-refractivity contribution in [2.45, 2.75) is 25.3 Å². The monoisotopic (exact) mass is 181 g/mol.